The fraction of sp³-hybridized carbons (Fsp3) is 0.212. The van der Waals surface area contributed by atoms with Crippen LogP contribution in [0, 0.1) is 0 Å². The van der Waals surface area contributed by atoms with E-state index in [1.54, 1.807) is 19.2 Å². The third kappa shape index (κ3) is 4.14. The van der Waals surface area contributed by atoms with Gasteiger partial charge >= 0.3 is 0 Å². The van der Waals surface area contributed by atoms with Crippen LogP contribution in [0.2, 0.25) is 0 Å². The summed E-state index contributed by atoms with van der Waals surface area (Å²) in [5.74, 6) is 2.52. The van der Waals surface area contributed by atoms with Gasteiger partial charge in [0.2, 0.25) is 12.7 Å². The quantitative estimate of drug-likeness (QED) is 0.363. The van der Waals surface area contributed by atoms with Crippen molar-refractivity contribution in [2.75, 3.05) is 32.0 Å². The Kier molecular flexibility index (Phi) is 6.03. The number of fused-ring (bicyclic) bond motifs is 5. The van der Waals surface area contributed by atoms with Gasteiger partial charge in [-0.2, -0.15) is 0 Å². The van der Waals surface area contributed by atoms with Crippen molar-refractivity contribution >= 4 is 17.5 Å². The highest BCUT2D eigenvalue weighted by Gasteiger charge is 2.57. The summed E-state index contributed by atoms with van der Waals surface area (Å²) in [5, 5.41) is 2.98. The topological polar surface area (TPSA) is 86.3 Å². The molecule has 1 N–H and O–H groups in total. The number of methoxy groups -OCH3 is 1. The number of nitrogens with one attached hydrogen (secondary N) is 1. The zero-order valence-corrected chi connectivity index (χ0v) is 22.5. The lowest BCUT2D eigenvalue weighted by Gasteiger charge is -2.23. The van der Waals surface area contributed by atoms with E-state index in [1.165, 1.54) is 0 Å². The lowest BCUT2D eigenvalue weighted by Crippen LogP contribution is -2.42. The minimum Gasteiger partial charge on any atom is -0.497 e. The first-order chi connectivity index (χ1) is 20.1. The second kappa shape index (κ2) is 9.89. The number of para-hydroxylation sites is 1. The van der Waals surface area contributed by atoms with Crippen molar-refractivity contribution in [1.82, 2.24) is 5.32 Å². The third-order valence-corrected chi connectivity index (χ3v) is 8.06. The van der Waals surface area contributed by atoms with E-state index in [2.05, 4.69) is 5.32 Å². The van der Waals surface area contributed by atoms with Crippen LogP contribution in [0.3, 0.4) is 0 Å². The van der Waals surface area contributed by atoms with Gasteiger partial charge in [0.25, 0.3) is 5.91 Å². The molecule has 8 heteroatoms. The molecule has 1 spiro atoms. The predicted molar refractivity (Wildman–Crippen MR) is 152 cm³/mol. The molecule has 0 fully saturated rings. The van der Waals surface area contributed by atoms with Gasteiger partial charge < -0.3 is 29.2 Å². The summed E-state index contributed by atoms with van der Waals surface area (Å²) in [4.78, 5) is 28.8. The van der Waals surface area contributed by atoms with Crippen LogP contribution < -0.4 is 29.2 Å². The van der Waals surface area contributed by atoms with Gasteiger partial charge in [0.1, 0.15) is 23.5 Å². The maximum atomic E-state index is 14.2. The standard InChI is InChI=1S/C33H28N2O6/c1-38-24-12-8-21(9-13-24)14-15-34-31(36)23-10-6-22(7-11-23)18-35-27-5-3-2-4-25(27)33(32(35)37)19-39-28-17-30-29(16-26(28)33)40-20-41-30/h2-13,16-17H,14-15,18-20H2,1H3,(H,34,36). The van der Waals surface area contributed by atoms with E-state index in [1.807, 2.05) is 77.7 Å². The number of hydrogen-bond acceptors (Lipinski definition) is 6. The van der Waals surface area contributed by atoms with Crippen molar-refractivity contribution < 1.29 is 28.5 Å². The molecular weight excluding hydrogens is 520 g/mol. The van der Waals surface area contributed by atoms with Crippen LogP contribution in [0.4, 0.5) is 5.69 Å². The maximum Gasteiger partial charge on any atom is 0.251 e. The van der Waals surface area contributed by atoms with Crippen LogP contribution in [0.1, 0.15) is 32.6 Å². The Labute approximate surface area is 237 Å². The van der Waals surface area contributed by atoms with Crippen LogP contribution >= 0.6 is 0 Å². The van der Waals surface area contributed by atoms with Crippen LogP contribution in [-0.2, 0) is 23.2 Å². The number of anilines is 1. The number of nitrogens with zero attached hydrogens (tertiary/aromatic N) is 1. The number of rotatable bonds is 7. The number of benzene rings is 4. The Bertz CT molecular complexity index is 1650. The largest absolute Gasteiger partial charge is 0.497 e. The van der Waals surface area contributed by atoms with Crippen molar-refractivity contribution in [3.8, 4) is 23.0 Å². The Morgan fingerprint density at radius 1 is 0.878 bits per heavy atom. The first-order valence-corrected chi connectivity index (χ1v) is 13.6. The molecule has 0 saturated heterocycles. The molecule has 206 valence electrons. The Balaban J connectivity index is 1.07. The molecule has 0 bridgehead atoms. The molecule has 1 unspecified atom stereocenters. The molecule has 4 aromatic carbocycles. The summed E-state index contributed by atoms with van der Waals surface area (Å²) in [5.41, 5.74) is 4.23. The van der Waals surface area contributed by atoms with Crippen LogP contribution in [0.25, 0.3) is 0 Å². The van der Waals surface area contributed by atoms with E-state index in [0.29, 0.717) is 35.9 Å². The predicted octanol–water partition coefficient (Wildman–Crippen LogP) is 4.62. The zero-order valence-electron chi connectivity index (χ0n) is 22.5. The average Bonchev–Trinajstić information content (AvgIpc) is 3.69. The van der Waals surface area contributed by atoms with E-state index < -0.39 is 5.41 Å². The highest BCUT2D eigenvalue weighted by Crippen LogP contribution is 2.55. The molecule has 7 rings (SSSR count). The second-order valence-electron chi connectivity index (χ2n) is 10.4. The average molecular weight is 549 g/mol. The van der Waals surface area contributed by atoms with Crippen LogP contribution in [0.15, 0.2) is 84.9 Å². The second-order valence-corrected chi connectivity index (χ2v) is 10.4. The molecule has 0 saturated carbocycles. The first-order valence-electron chi connectivity index (χ1n) is 13.6. The molecular formula is C33H28N2O6. The molecule has 1 atom stereocenters. The van der Waals surface area contributed by atoms with Crippen LogP contribution in [0.5, 0.6) is 23.0 Å². The normalized spacial score (nSPS) is 17.8. The molecule has 3 aliphatic rings. The fourth-order valence-corrected chi connectivity index (χ4v) is 5.88. The molecule has 0 radical (unpaired) electrons. The van der Waals surface area contributed by atoms with E-state index in [0.717, 1.165) is 40.1 Å². The zero-order chi connectivity index (χ0) is 28.0. The Morgan fingerprint density at radius 3 is 2.39 bits per heavy atom. The monoisotopic (exact) mass is 548 g/mol. The van der Waals surface area contributed by atoms with Gasteiger partial charge in [0, 0.05) is 29.4 Å². The molecule has 41 heavy (non-hydrogen) atoms. The maximum absolute atomic E-state index is 14.2. The Morgan fingerprint density at radius 2 is 1.61 bits per heavy atom. The number of hydrogen-bond donors (Lipinski definition) is 1. The molecule has 4 aromatic rings. The highest BCUT2D eigenvalue weighted by atomic mass is 16.7. The fourth-order valence-electron chi connectivity index (χ4n) is 5.88. The number of ether oxygens (including phenoxy) is 4. The lowest BCUT2D eigenvalue weighted by atomic mass is 9.77. The summed E-state index contributed by atoms with van der Waals surface area (Å²) >= 11 is 0. The van der Waals surface area contributed by atoms with Crippen molar-refractivity contribution in [2.45, 2.75) is 18.4 Å². The third-order valence-electron chi connectivity index (χ3n) is 8.06. The van der Waals surface area contributed by atoms with Gasteiger partial charge in [0.15, 0.2) is 11.5 Å². The van der Waals surface area contributed by atoms with Crippen molar-refractivity contribution in [2.24, 2.45) is 0 Å². The molecule has 8 nitrogen and oxygen atoms in total. The molecule has 2 amide bonds. The molecule has 0 aromatic heterocycles. The van der Waals surface area contributed by atoms with Crippen molar-refractivity contribution in [1.29, 1.82) is 0 Å². The summed E-state index contributed by atoms with van der Waals surface area (Å²) in [7, 11) is 1.64. The summed E-state index contributed by atoms with van der Waals surface area (Å²) in [6, 6.07) is 26.8. The minimum atomic E-state index is -0.948. The van der Waals surface area contributed by atoms with Crippen molar-refractivity contribution in [3.05, 3.63) is 113 Å². The van der Waals surface area contributed by atoms with Gasteiger partial charge in [-0.15, -0.1) is 0 Å². The van der Waals surface area contributed by atoms with Gasteiger partial charge in [-0.05, 0) is 59.5 Å². The minimum absolute atomic E-state index is 0.0448. The lowest BCUT2D eigenvalue weighted by molar-refractivity contribution is -0.122. The number of amides is 2. The van der Waals surface area contributed by atoms with Gasteiger partial charge in [-0.1, -0.05) is 42.5 Å². The molecule has 3 heterocycles. The number of carbonyl (C=O) groups is 2. The first kappa shape index (κ1) is 25.0. The van der Waals surface area contributed by atoms with Gasteiger partial charge in [0.05, 0.1) is 13.7 Å². The van der Waals surface area contributed by atoms with Gasteiger partial charge in [-0.25, -0.2) is 0 Å². The van der Waals surface area contributed by atoms with E-state index in [-0.39, 0.29) is 25.2 Å². The highest BCUT2D eigenvalue weighted by molar-refractivity contribution is 6.11. The Hall–Kier alpha value is -4.98. The van der Waals surface area contributed by atoms with E-state index >= 15 is 0 Å². The molecule has 3 aliphatic heterocycles. The van der Waals surface area contributed by atoms with Crippen molar-refractivity contribution in [3.63, 3.8) is 0 Å². The van der Waals surface area contributed by atoms with E-state index in [4.69, 9.17) is 18.9 Å². The number of carbonyl (C=O) groups excluding carboxylic acids is 2. The molecule has 0 aliphatic carbocycles. The smallest absolute Gasteiger partial charge is 0.251 e. The summed E-state index contributed by atoms with van der Waals surface area (Å²) < 4.78 is 22.4. The summed E-state index contributed by atoms with van der Waals surface area (Å²) in [6.45, 7) is 1.26. The summed E-state index contributed by atoms with van der Waals surface area (Å²) in [6.07, 6.45) is 0.723. The van der Waals surface area contributed by atoms with Crippen LogP contribution in [-0.4, -0.2) is 38.9 Å². The van der Waals surface area contributed by atoms with Gasteiger partial charge in [-0.3, -0.25) is 9.59 Å². The SMILES string of the molecule is COc1ccc(CCNC(=O)c2ccc(CN3C(=O)C4(COc5cc6c(cc54)OCO6)c4ccccc43)cc2)cc1. The van der Waals surface area contributed by atoms with E-state index in [9.17, 15) is 9.59 Å².